The summed E-state index contributed by atoms with van der Waals surface area (Å²) in [5.74, 6) is -0.777. The van der Waals surface area contributed by atoms with Crippen LogP contribution in [0.4, 0.5) is 0 Å². The first-order chi connectivity index (χ1) is 11.5. The summed E-state index contributed by atoms with van der Waals surface area (Å²) >= 11 is 3.40. The molecule has 122 valence electrons. The van der Waals surface area contributed by atoms with Gasteiger partial charge >= 0.3 is 5.63 Å². The molecule has 0 aliphatic heterocycles. The number of Topliss-reactive ketones (excluding diaryl/α,β-unsaturated/α-hetero) is 1. The van der Waals surface area contributed by atoms with E-state index in [-0.39, 0.29) is 23.5 Å². The largest absolute Gasteiger partial charge is 0.507 e. The molecule has 24 heavy (non-hydrogen) atoms. The van der Waals surface area contributed by atoms with E-state index < -0.39 is 11.5 Å². The molecule has 4 nitrogen and oxygen atoms in total. The quantitative estimate of drug-likeness (QED) is 0.675. The Morgan fingerprint density at radius 1 is 1.21 bits per heavy atom. The van der Waals surface area contributed by atoms with Gasteiger partial charge in [-0.3, -0.25) is 4.79 Å². The van der Waals surface area contributed by atoms with Gasteiger partial charge in [0, 0.05) is 16.8 Å². The summed E-state index contributed by atoms with van der Waals surface area (Å²) < 4.78 is 6.18. The lowest BCUT2D eigenvalue weighted by Gasteiger charge is -2.17. The number of hydrogen-bond acceptors (Lipinski definition) is 4. The molecule has 0 saturated heterocycles. The van der Waals surface area contributed by atoms with Crippen LogP contribution in [0, 0.1) is 0 Å². The Labute approximate surface area is 146 Å². The van der Waals surface area contributed by atoms with Gasteiger partial charge in [0.15, 0.2) is 0 Å². The zero-order valence-electron chi connectivity index (χ0n) is 13.0. The molecule has 0 aliphatic rings. The second-order valence-corrected chi connectivity index (χ2v) is 6.58. The molecule has 1 atom stereocenters. The van der Waals surface area contributed by atoms with Gasteiger partial charge in [0.05, 0.1) is 10.9 Å². The van der Waals surface area contributed by atoms with Gasteiger partial charge in [-0.15, -0.1) is 0 Å². The molecule has 2 aromatic carbocycles. The summed E-state index contributed by atoms with van der Waals surface area (Å²) in [5.41, 5.74) is 0.566. The number of hydrogen-bond donors (Lipinski definition) is 1. The number of ketones is 1. The number of fused-ring (bicyclic) bond motifs is 1. The molecule has 3 aromatic rings. The van der Waals surface area contributed by atoms with Crippen LogP contribution in [0.1, 0.15) is 30.4 Å². The van der Waals surface area contributed by atoms with E-state index in [1.54, 1.807) is 24.3 Å². The number of rotatable bonds is 4. The third-order valence-corrected chi connectivity index (χ3v) is 4.40. The number of para-hydroxylation sites is 1. The molecule has 0 fully saturated rings. The van der Waals surface area contributed by atoms with Crippen LogP contribution in [0.3, 0.4) is 0 Å². The number of benzene rings is 2. The van der Waals surface area contributed by atoms with Gasteiger partial charge < -0.3 is 9.52 Å². The molecule has 0 saturated carbocycles. The summed E-state index contributed by atoms with van der Waals surface area (Å²) in [7, 11) is 0. The van der Waals surface area contributed by atoms with E-state index in [1.165, 1.54) is 6.92 Å². The van der Waals surface area contributed by atoms with Crippen molar-refractivity contribution < 1.29 is 14.3 Å². The van der Waals surface area contributed by atoms with Gasteiger partial charge in [-0.1, -0.05) is 40.2 Å². The predicted molar refractivity (Wildman–Crippen MR) is 95.4 cm³/mol. The normalized spacial score (nSPS) is 12.2. The third kappa shape index (κ3) is 3.12. The highest BCUT2D eigenvalue weighted by atomic mass is 79.9. The standard InChI is InChI=1S/C19H15BrO4/c1-11(21)9-15(12-5-4-6-13(20)10-12)17-18(22)14-7-2-3-8-16(14)24-19(17)23/h2-8,10,15,22H,9H2,1H3/t15-/m0/s1. The van der Waals surface area contributed by atoms with Crippen molar-refractivity contribution in [3.05, 3.63) is 74.6 Å². The zero-order valence-corrected chi connectivity index (χ0v) is 14.5. The molecular formula is C19H15BrO4. The fourth-order valence-electron chi connectivity index (χ4n) is 2.85. The van der Waals surface area contributed by atoms with Crippen LogP contribution in [0.25, 0.3) is 11.0 Å². The summed E-state index contributed by atoms with van der Waals surface area (Å²) in [5, 5.41) is 11.1. The second-order valence-electron chi connectivity index (χ2n) is 5.66. The number of halogens is 1. The van der Waals surface area contributed by atoms with Crippen LogP contribution in [0.2, 0.25) is 0 Å². The van der Waals surface area contributed by atoms with Crippen molar-refractivity contribution in [2.75, 3.05) is 0 Å². The molecular weight excluding hydrogens is 372 g/mol. The lowest BCUT2D eigenvalue weighted by atomic mass is 9.87. The molecule has 1 aromatic heterocycles. The van der Waals surface area contributed by atoms with Crippen molar-refractivity contribution >= 4 is 32.7 Å². The highest BCUT2D eigenvalue weighted by Gasteiger charge is 2.26. The molecule has 1 heterocycles. The Balaban J connectivity index is 2.27. The lowest BCUT2D eigenvalue weighted by molar-refractivity contribution is -0.117. The molecule has 0 spiro atoms. The summed E-state index contributed by atoms with van der Waals surface area (Å²) in [6, 6.07) is 14.1. The molecule has 0 unspecified atom stereocenters. The van der Waals surface area contributed by atoms with Crippen molar-refractivity contribution in [2.45, 2.75) is 19.3 Å². The van der Waals surface area contributed by atoms with Gasteiger partial charge in [0.2, 0.25) is 0 Å². The van der Waals surface area contributed by atoms with Crippen LogP contribution in [-0.2, 0) is 4.79 Å². The molecule has 0 amide bonds. The maximum absolute atomic E-state index is 12.5. The molecule has 0 aliphatic carbocycles. The average molecular weight is 387 g/mol. The Morgan fingerprint density at radius 2 is 1.96 bits per heavy atom. The van der Waals surface area contributed by atoms with Gasteiger partial charge in [0.25, 0.3) is 0 Å². The highest BCUT2D eigenvalue weighted by molar-refractivity contribution is 9.10. The Kier molecular flexibility index (Phi) is 4.53. The molecule has 1 N–H and O–H groups in total. The molecule has 3 rings (SSSR count). The fourth-order valence-corrected chi connectivity index (χ4v) is 3.27. The first-order valence-corrected chi connectivity index (χ1v) is 8.26. The number of carbonyl (C=O) groups excluding carboxylic acids is 1. The summed E-state index contributed by atoms with van der Waals surface area (Å²) in [6.45, 7) is 1.46. The van der Waals surface area contributed by atoms with Crippen LogP contribution in [0.15, 0.2) is 62.2 Å². The Bertz CT molecular complexity index is 975. The minimum atomic E-state index is -0.627. The predicted octanol–water partition coefficient (Wildman–Crippen LogP) is 4.37. The van der Waals surface area contributed by atoms with Crippen LogP contribution >= 0.6 is 15.9 Å². The lowest BCUT2D eigenvalue weighted by Crippen LogP contribution is -2.16. The van der Waals surface area contributed by atoms with Crippen molar-refractivity contribution in [1.29, 1.82) is 0 Å². The van der Waals surface area contributed by atoms with E-state index in [0.717, 1.165) is 10.0 Å². The fraction of sp³-hybridized carbons (Fsp3) is 0.158. The maximum Gasteiger partial charge on any atom is 0.343 e. The van der Waals surface area contributed by atoms with E-state index in [1.807, 2.05) is 24.3 Å². The minimum Gasteiger partial charge on any atom is -0.507 e. The number of aromatic hydroxyl groups is 1. The monoisotopic (exact) mass is 386 g/mol. The maximum atomic E-state index is 12.5. The third-order valence-electron chi connectivity index (χ3n) is 3.91. The van der Waals surface area contributed by atoms with Crippen LogP contribution in [-0.4, -0.2) is 10.9 Å². The van der Waals surface area contributed by atoms with Crippen molar-refractivity contribution in [3.63, 3.8) is 0 Å². The minimum absolute atomic E-state index is 0.0769. The van der Waals surface area contributed by atoms with Gasteiger partial charge in [-0.25, -0.2) is 4.79 Å². The van der Waals surface area contributed by atoms with E-state index in [4.69, 9.17) is 4.42 Å². The van der Waals surface area contributed by atoms with Crippen LogP contribution in [0.5, 0.6) is 5.75 Å². The van der Waals surface area contributed by atoms with Crippen LogP contribution < -0.4 is 5.63 Å². The van der Waals surface area contributed by atoms with E-state index >= 15 is 0 Å². The average Bonchev–Trinajstić information content (AvgIpc) is 2.53. The Hall–Kier alpha value is -2.40. The topological polar surface area (TPSA) is 67.5 Å². The molecule has 0 bridgehead atoms. The smallest absolute Gasteiger partial charge is 0.343 e. The summed E-state index contributed by atoms with van der Waals surface area (Å²) in [4.78, 5) is 24.2. The van der Waals surface area contributed by atoms with E-state index in [0.29, 0.717) is 11.0 Å². The van der Waals surface area contributed by atoms with Gasteiger partial charge in [0.1, 0.15) is 17.1 Å². The zero-order chi connectivity index (χ0) is 17.3. The number of carbonyl (C=O) groups is 1. The van der Waals surface area contributed by atoms with Crippen molar-refractivity contribution in [3.8, 4) is 5.75 Å². The SMILES string of the molecule is CC(=O)C[C@@H](c1cccc(Br)c1)c1c(O)c2ccccc2oc1=O. The first-order valence-electron chi connectivity index (χ1n) is 7.47. The molecule has 0 radical (unpaired) electrons. The van der Waals surface area contributed by atoms with Crippen molar-refractivity contribution in [1.82, 2.24) is 0 Å². The van der Waals surface area contributed by atoms with E-state index in [2.05, 4.69) is 15.9 Å². The first kappa shape index (κ1) is 16.5. The molecule has 5 heteroatoms. The Morgan fingerprint density at radius 3 is 2.67 bits per heavy atom. The van der Waals surface area contributed by atoms with Gasteiger partial charge in [-0.2, -0.15) is 0 Å². The highest BCUT2D eigenvalue weighted by Crippen LogP contribution is 2.36. The van der Waals surface area contributed by atoms with Crippen molar-refractivity contribution in [2.24, 2.45) is 0 Å². The second kappa shape index (κ2) is 6.61. The van der Waals surface area contributed by atoms with Gasteiger partial charge in [-0.05, 0) is 36.8 Å². The van der Waals surface area contributed by atoms with E-state index in [9.17, 15) is 14.7 Å². The summed E-state index contributed by atoms with van der Waals surface area (Å²) in [6.07, 6.45) is 0.104.